The van der Waals surface area contributed by atoms with Crippen LogP contribution in [0.3, 0.4) is 0 Å². The van der Waals surface area contributed by atoms with E-state index in [-0.39, 0.29) is 5.75 Å². The van der Waals surface area contributed by atoms with Crippen molar-refractivity contribution in [1.29, 1.82) is 0 Å². The topological polar surface area (TPSA) is 41.8 Å². The van der Waals surface area contributed by atoms with Crippen LogP contribution in [0.15, 0.2) is 29.3 Å². The summed E-state index contributed by atoms with van der Waals surface area (Å²) in [5.41, 5.74) is 0.769. The molecule has 0 radical (unpaired) electrons. The Morgan fingerprint density at radius 1 is 1.00 bits per heavy atom. The van der Waals surface area contributed by atoms with E-state index in [0.29, 0.717) is 0 Å². The van der Waals surface area contributed by atoms with E-state index in [1.54, 1.807) is 12.3 Å². The van der Waals surface area contributed by atoms with E-state index < -0.39 is 0 Å². The molecule has 1 N–H and O–H groups in total. The van der Waals surface area contributed by atoms with E-state index in [0.717, 1.165) is 31.7 Å². The van der Waals surface area contributed by atoms with Crippen molar-refractivity contribution in [1.82, 2.24) is 0 Å². The van der Waals surface area contributed by atoms with Crippen LogP contribution in [0, 0.1) is 0 Å². The van der Waals surface area contributed by atoms with Gasteiger partial charge in [-0.15, -0.1) is 0 Å². The molecule has 0 heterocycles. The molecule has 0 unspecified atom stereocenters. The van der Waals surface area contributed by atoms with Gasteiger partial charge < -0.3 is 9.84 Å². The molecule has 0 fully saturated rings. The van der Waals surface area contributed by atoms with E-state index in [1.165, 1.54) is 38.5 Å². The van der Waals surface area contributed by atoms with Crippen molar-refractivity contribution < 1.29 is 9.84 Å². The zero-order valence-electron chi connectivity index (χ0n) is 13.3. The Labute approximate surface area is 129 Å². The third-order valence-corrected chi connectivity index (χ3v) is 3.39. The van der Waals surface area contributed by atoms with Gasteiger partial charge in [0.05, 0.1) is 0 Å². The lowest BCUT2D eigenvalue weighted by atomic mass is 10.1. The molecule has 0 saturated carbocycles. The molecule has 0 aliphatic rings. The van der Waals surface area contributed by atoms with Crippen LogP contribution < -0.4 is 0 Å². The van der Waals surface area contributed by atoms with Crippen LogP contribution in [0.4, 0.5) is 0 Å². The number of hydrogen-bond donors (Lipinski definition) is 1. The minimum atomic E-state index is 0.278. The lowest BCUT2D eigenvalue weighted by Gasteiger charge is -2.03. The van der Waals surface area contributed by atoms with Crippen LogP contribution in [-0.2, 0) is 4.74 Å². The third-order valence-electron chi connectivity index (χ3n) is 3.39. The summed E-state index contributed by atoms with van der Waals surface area (Å²) >= 11 is 0. The highest BCUT2D eigenvalue weighted by Crippen LogP contribution is 2.12. The molecule has 0 aliphatic heterocycles. The number of unbranched alkanes of at least 4 members (excludes halogenated alkanes) is 5. The maximum absolute atomic E-state index is 9.57. The first kappa shape index (κ1) is 17.7. The summed E-state index contributed by atoms with van der Waals surface area (Å²) in [6.45, 7) is 4.62. The molecule has 3 heteroatoms. The number of aromatic hydroxyl groups is 1. The molecule has 1 aromatic rings. The van der Waals surface area contributed by atoms with Gasteiger partial charge in [-0.25, -0.2) is 0 Å². The van der Waals surface area contributed by atoms with E-state index in [9.17, 15) is 5.11 Å². The standard InChI is InChI=1S/C18H29NO2/c1-2-3-4-5-6-9-14-21-15-10-13-19-16-17-11-7-8-12-18(17)20/h7-8,11-12,16,20H,2-6,9-10,13-15H2,1H3. The zero-order valence-corrected chi connectivity index (χ0v) is 13.3. The first-order chi connectivity index (χ1) is 10.3. The van der Waals surface area contributed by atoms with Crippen LogP contribution in [0.5, 0.6) is 5.75 Å². The molecule has 1 aromatic carbocycles. The van der Waals surface area contributed by atoms with Crippen LogP contribution in [-0.4, -0.2) is 31.1 Å². The summed E-state index contributed by atoms with van der Waals surface area (Å²) in [6, 6.07) is 7.23. The van der Waals surface area contributed by atoms with Gasteiger partial charge in [0.15, 0.2) is 0 Å². The Bertz CT molecular complexity index is 391. The van der Waals surface area contributed by atoms with Crippen molar-refractivity contribution >= 4 is 6.21 Å². The second kappa shape index (κ2) is 12.4. The largest absolute Gasteiger partial charge is 0.507 e. The number of para-hydroxylation sites is 1. The van der Waals surface area contributed by atoms with Crippen LogP contribution in [0.25, 0.3) is 0 Å². The molecule has 21 heavy (non-hydrogen) atoms. The smallest absolute Gasteiger partial charge is 0.124 e. The molecule has 0 aliphatic carbocycles. The van der Waals surface area contributed by atoms with Crippen molar-refractivity contribution in [2.75, 3.05) is 19.8 Å². The SMILES string of the molecule is CCCCCCCCOCCCN=Cc1ccccc1O. The fourth-order valence-electron chi connectivity index (χ4n) is 2.10. The molecule has 3 nitrogen and oxygen atoms in total. The van der Waals surface area contributed by atoms with Crippen molar-refractivity contribution in [3.8, 4) is 5.75 Å². The zero-order chi connectivity index (χ0) is 15.2. The van der Waals surface area contributed by atoms with Crippen LogP contribution >= 0.6 is 0 Å². The summed E-state index contributed by atoms with van der Waals surface area (Å²) in [4.78, 5) is 4.31. The van der Waals surface area contributed by atoms with Gasteiger partial charge in [-0.1, -0.05) is 51.2 Å². The Morgan fingerprint density at radius 2 is 1.71 bits per heavy atom. The quantitative estimate of drug-likeness (QED) is 0.452. The summed E-state index contributed by atoms with van der Waals surface area (Å²) in [7, 11) is 0. The highest BCUT2D eigenvalue weighted by atomic mass is 16.5. The average Bonchev–Trinajstić information content (AvgIpc) is 2.50. The summed E-state index contributed by atoms with van der Waals surface area (Å²) in [5.74, 6) is 0.278. The van der Waals surface area contributed by atoms with Crippen molar-refractivity contribution in [2.45, 2.75) is 51.9 Å². The number of phenolic OH excluding ortho intramolecular Hbond substituents is 1. The first-order valence-corrected chi connectivity index (χ1v) is 8.20. The fourth-order valence-corrected chi connectivity index (χ4v) is 2.10. The second-order valence-corrected chi connectivity index (χ2v) is 5.33. The number of ether oxygens (including phenoxy) is 1. The molecule has 0 saturated heterocycles. The molecule has 0 aromatic heterocycles. The number of nitrogens with zero attached hydrogens (tertiary/aromatic N) is 1. The molecular formula is C18H29NO2. The normalized spacial score (nSPS) is 11.3. The lowest BCUT2D eigenvalue weighted by Crippen LogP contribution is -1.99. The highest BCUT2D eigenvalue weighted by Gasteiger charge is 1.94. The highest BCUT2D eigenvalue weighted by molar-refractivity contribution is 5.83. The van der Waals surface area contributed by atoms with Crippen LogP contribution in [0.2, 0.25) is 0 Å². The van der Waals surface area contributed by atoms with Crippen LogP contribution in [0.1, 0.15) is 57.4 Å². The fraction of sp³-hybridized carbons (Fsp3) is 0.611. The minimum absolute atomic E-state index is 0.278. The molecule has 118 valence electrons. The number of phenols is 1. The monoisotopic (exact) mass is 291 g/mol. The Balaban J connectivity index is 1.92. The van der Waals surface area contributed by atoms with Gasteiger partial charge >= 0.3 is 0 Å². The van der Waals surface area contributed by atoms with Gasteiger partial charge in [0, 0.05) is 31.5 Å². The maximum atomic E-state index is 9.57. The summed E-state index contributed by atoms with van der Waals surface area (Å²) in [5, 5.41) is 9.57. The number of hydrogen-bond acceptors (Lipinski definition) is 3. The number of aliphatic imine (C=N–C) groups is 1. The van der Waals surface area contributed by atoms with Crippen molar-refractivity contribution in [2.24, 2.45) is 4.99 Å². The minimum Gasteiger partial charge on any atom is -0.507 e. The lowest BCUT2D eigenvalue weighted by molar-refractivity contribution is 0.129. The van der Waals surface area contributed by atoms with E-state index in [1.807, 2.05) is 18.2 Å². The van der Waals surface area contributed by atoms with E-state index in [4.69, 9.17) is 4.74 Å². The van der Waals surface area contributed by atoms with Gasteiger partial charge in [-0.2, -0.15) is 0 Å². The first-order valence-electron chi connectivity index (χ1n) is 8.20. The summed E-state index contributed by atoms with van der Waals surface area (Å²) < 4.78 is 5.59. The van der Waals surface area contributed by atoms with Gasteiger partial charge in [0.1, 0.15) is 5.75 Å². The maximum Gasteiger partial charge on any atom is 0.124 e. The third kappa shape index (κ3) is 9.24. The molecule has 0 spiro atoms. The molecular weight excluding hydrogens is 262 g/mol. The van der Waals surface area contributed by atoms with Gasteiger partial charge in [-0.05, 0) is 25.0 Å². The average molecular weight is 291 g/mol. The molecule has 1 rings (SSSR count). The van der Waals surface area contributed by atoms with E-state index >= 15 is 0 Å². The Hall–Kier alpha value is -1.35. The van der Waals surface area contributed by atoms with Gasteiger partial charge in [0.25, 0.3) is 0 Å². The molecule has 0 atom stereocenters. The predicted octanol–water partition coefficient (Wildman–Crippen LogP) is 4.58. The van der Waals surface area contributed by atoms with Crippen molar-refractivity contribution in [3.05, 3.63) is 29.8 Å². The van der Waals surface area contributed by atoms with Gasteiger partial charge in [-0.3, -0.25) is 4.99 Å². The Kier molecular flexibility index (Phi) is 10.4. The molecule has 0 amide bonds. The number of benzene rings is 1. The molecule has 0 bridgehead atoms. The number of rotatable bonds is 12. The van der Waals surface area contributed by atoms with Gasteiger partial charge in [0.2, 0.25) is 0 Å². The predicted molar refractivity (Wildman–Crippen MR) is 89.4 cm³/mol. The van der Waals surface area contributed by atoms with E-state index in [2.05, 4.69) is 11.9 Å². The second-order valence-electron chi connectivity index (χ2n) is 5.33. The van der Waals surface area contributed by atoms with Crippen molar-refractivity contribution in [3.63, 3.8) is 0 Å². The Morgan fingerprint density at radius 3 is 2.52 bits per heavy atom. The summed E-state index contributed by atoms with van der Waals surface area (Å²) in [6.07, 6.45) is 10.5.